The summed E-state index contributed by atoms with van der Waals surface area (Å²) >= 11 is 13.0. The van der Waals surface area contributed by atoms with Crippen LogP contribution in [0.5, 0.6) is 0 Å². The van der Waals surface area contributed by atoms with Gasteiger partial charge in [-0.25, -0.2) is 0 Å². The molecule has 0 aliphatic rings. The van der Waals surface area contributed by atoms with E-state index in [0.717, 1.165) is 32.9 Å². The van der Waals surface area contributed by atoms with E-state index in [2.05, 4.69) is 42.7 Å². The zero-order valence-corrected chi connectivity index (χ0v) is 19.8. The van der Waals surface area contributed by atoms with Crippen LogP contribution < -0.4 is 5.73 Å². The predicted octanol–water partition coefficient (Wildman–Crippen LogP) is 7.53. The monoisotopic (exact) mass is 472 g/mol. The maximum absolute atomic E-state index is 12.3. The first-order valence-electron chi connectivity index (χ1n) is 10.7. The molecular weight excluding hydrogens is 451 g/mol. The average Bonchev–Trinajstić information content (AvgIpc) is 3.10. The van der Waals surface area contributed by atoms with Crippen molar-refractivity contribution in [2.24, 2.45) is 5.73 Å². The molecule has 1 heterocycles. The smallest absolute Gasteiger partial charge is 0.249 e. The van der Waals surface area contributed by atoms with Gasteiger partial charge in [0.1, 0.15) is 0 Å². The summed E-state index contributed by atoms with van der Waals surface area (Å²) in [5.74, 6) is -0.440. The maximum Gasteiger partial charge on any atom is 0.249 e. The molecule has 0 saturated carbocycles. The molecule has 0 bridgehead atoms. The van der Waals surface area contributed by atoms with Crippen molar-refractivity contribution in [2.75, 3.05) is 0 Å². The van der Waals surface area contributed by atoms with Gasteiger partial charge in [-0.15, -0.1) is 0 Å². The lowest BCUT2D eigenvalue weighted by atomic mass is 10.0. The number of primary amides is 1. The van der Waals surface area contributed by atoms with Gasteiger partial charge in [0.15, 0.2) is 0 Å². The zero-order chi connectivity index (χ0) is 23.3. The standard InChI is InChI=1S/C28H22Cl2N2O/c1-16-6-3-7-19(17(16)2)15-32-24-11-4-8-21(28(31)33)27(24)20-13-12-18(14-25(20)32)26-22(29)9-5-10-23(26)30/h3-14H,15H2,1-2H3,(H2,31,33). The van der Waals surface area contributed by atoms with E-state index < -0.39 is 5.91 Å². The quantitative estimate of drug-likeness (QED) is 0.288. The van der Waals surface area contributed by atoms with Gasteiger partial charge in [0.2, 0.25) is 5.91 Å². The zero-order valence-electron chi connectivity index (χ0n) is 18.3. The third-order valence-electron chi connectivity index (χ3n) is 6.45. The fourth-order valence-electron chi connectivity index (χ4n) is 4.60. The molecule has 0 unspecified atom stereocenters. The van der Waals surface area contributed by atoms with Crippen LogP contribution in [0.1, 0.15) is 27.0 Å². The normalized spacial score (nSPS) is 11.4. The topological polar surface area (TPSA) is 48.0 Å². The Morgan fingerprint density at radius 3 is 2.30 bits per heavy atom. The minimum atomic E-state index is -0.440. The van der Waals surface area contributed by atoms with Gasteiger partial charge in [-0.05, 0) is 66.4 Å². The first-order chi connectivity index (χ1) is 15.9. The maximum atomic E-state index is 12.3. The second kappa shape index (κ2) is 8.26. The van der Waals surface area contributed by atoms with Crippen molar-refractivity contribution < 1.29 is 4.79 Å². The van der Waals surface area contributed by atoms with E-state index in [1.807, 2.05) is 42.5 Å². The second-order valence-electron chi connectivity index (χ2n) is 8.34. The Labute approximate surface area is 202 Å². The number of aromatic nitrogens is 1. The average molecular weight is 473 g/mol. The number of hydrogen-bond donors (Lipinski definition) is 1. The van der Waals surface area contributed by atoms with Crippen LogP contribution in [0.3, 0.4) is 0 Å². The summed E-state index contributed by atoms with van der Waals surface area (Å²) in [6.07, 6.45) is 0. The van der Waals surface area contributed by atoms with Crippen molar-refractivity contribution >= 4 is 50.9 Å². The van der Waals surface area contributed by atoms with Gasteiger partial charge < -0.3 is 10.3 Å². The lowest BCUT2D eigenvalue weighted by Gasteiger charge is -2.13. The summed E-state index contributed by atoms with van der Waals surface area (Å²) in [5, 5.41) is 3.02. The molecular formula is C28H22Cl2N2O. The van der Waals surface area contributed by atoms with Gasteiger partial charge in [0.25, 0.3) is 0 Å². The highest BCUT2D eigenvalue weighted by atomic mass is 35.5. The van der Waals surface area contributed by atoms with Gasteiger partial charge >= 0.3 is 0 Å². The summed E-state index contributed by atoms with van der Waals surface area (Å²) in [5.41, 5.74) is 13.7. The number of benzene rings is 4. The Morgan fingerprint density at radius 2 is 1.58 bits per heavy atom. The van der Waals surface area contributed by atoms with E-state index in [9.17, 15) is 4.79 Å². The van der Waals surface area contributed by atoms with Crippen molar-refractivity contribution in [3.63, 3.8) is 0 Å². The number of hydrogen-bond acceptors (Lipinski definition) is 1. The van der Waals surface area contributed by atoms with Gasteiger partial charge in [-0.1, -0.05) is 65.7 Å². The van der Waals surface area contributed by atoms with E-state index in [1.54, 1.807) is 6.07 Å². The molecule has 5 aromatic rings. The van der Waals surface area contributed by atoms with Gasteiger partial charge in [-0.2, -0.15) is 0 Å². The number of aryl methyl sites for hydroxylation is 1. The molecule has 1 amide bonds. The van der Waals surface area contributed by atoms with Crippen LogP contribution >= 0.6 is 23.2 Å². The van der Waals surface area contributed by atoms with Crippen molar-refractivity contribution in [3.05, 3.63) is 105 Å². The number of carbonyl (C=O) groups excluding carboxylic acids is 1. The van der Waals surface area contributed by atoms with Crippen LogP contribution in [-0.2, 0) is 6.54 Å². The third-order valence-corrected chi connectivity index (χ3v) is 7.08. The Morgan fingerprint density at radius 1 is 0.879 bits per heavy atom. The minimum Gasteiger partial charge on any atom is -0.366 e. The van der Waals surface area contributed by atoms with Crippen LogP contribution in [0.25, 0.3) is 32.9 Å². The lowest BCUT2D eigenvalue weighted by molar-refractivity contribution is 0.100. The Balaban J connectivity index is 1.85. The second-order valence-corrected chi connectivity index (χ2v) is 9.15. The van der Waals surface area contributed by atoms with Crippen molar-refractivity contribution in [1.29, 1.82) is 0 Å². The summed E-state index contributed by atoms with van der Waals surface area (Å²) in [6.45, 7) is 4.92. The van der Waals surface area contributed by atoms with Gasteiger partial charge in [0, 0.05) is 38.5 Å². The molecule has 1 aromatic heterocycles. The van der Waals surface area contributed by atoms with Crippen molar-refractivity contribution in [3.8, 4) is 11.1 Å². The number of nitrogens with zero attached hydrogens (tertiary/aromatic N) is 1. The molecule has 5 heteroatoms. The van der Waals surface area contributed by atoms with E-state index >= 15 is 0 Å². The molecule has 0 atom stereocenters. The largest absolute Gasteiger partial charge is 0.366 e. The summed E-state index contributed by atoms with van der Waals surface area (Å²) in [6, 6.07) is 23.7. The number of carbonyl (C=O) groups is 1. The number of fused-ring (bicyclic) bond motifs is 3. The molecule has 0 spiro atoms. The van der Waals surface area contributed by atoms with Crippen LogP contribution in [0.15, 0.2) is 72.8 Å². The molecule has 4 aromatic carbocycles. The number of amides is 1. The van der Waals surface area contributed by atoms with Crippen LogP contribution in [0.2, 0.25) is 10.0 Å². The van der Waals surface area contributed by atoms with E-state index in [4.69, 9.17) is 28.9 Å². The fraction of sp³-hybridized carbons (Fsp3) is 0.107. The third kappa shape index (κ3) is 3.58. The number of halogens is 2. The molecule has 3 nitrogen and oxygen atoms in total. The SMILES string of the molecule is Cc1cccc(Cn2c3cc(-c4c(Cl)cccc4Cl)ccc3c3c(C(N)=O)cccc32)c1C. The predicted molar refractivity (Wildman–Crippen MR) is 138 cm³/mol. The highest BCUT2D eigenvalue weighted by Gasteiger charge is 2.19. The molecule has 0 radical (unpaired) electrons. The molecule has 164 valence electrons. The van der Waals surface area contributed by atoms with Crippen LogP contribution in [0, 0.1) is 13.8 Å². The summed E-state index contributed by atoms with van der Waals surface area (Å²) < 4.78 is 2.24. The Kier molecular flexibility index (Phi) is 5.40. The van der Waals surface area contributed by atoms with E-state index in [0.29, 0.717) is 22.2 Å². The van der Waals surface area contributed by atoms with E-state index in [1.165, 1.54) is 16.7 Å². The fourth-order valence-corrected chi connectivity index (χ4v) is 5.22. The van der Waals surface area contributed by atoms with Crippen molar-refractivity contribution in [1.82, 2.24) is 4.57 Å². The number of rotatable bonds is 4. The first kappa shape index (κ1) is 21.6. The van der Waals surface area contributed by atoms with Gasteiger partial charge in [-0.3, -0.25) is 4.79 Å². The van der Waals surface area contributed by atoms with Gasteiger partial charge in [0.05, 0.1) is 11.0 Å². The Hall–Kier alpha value is -3.27. The summed E-state index contributed by atoms with van der Waals surface area (Å²) in [7, 11) is 0. The molecule has 2 N–H and O–H groups in total. The molecule has 0 fully saturated rings. The Bertz CT molecular complexity index is 1550. The minimum absolute atomic E-state index is 0.440. The molecule has 0 saturated heterocycles. The van der Waals surface area contributed by atoms with Crippen molar-refractivity contribution in [2.45, 2.75) is 20.4 Å². The van der Waals surface area contributed by atoms with E-state index in [-0.39, 0.29) is 0 Å². The van der Waals surface area contributed by atoms with Crippen LogP contribution in [0.4, 0.5) is 0 Å². The molecule has 0 aliphatic heterocycles. The molecule has 33 heavy (non-hydrogen) atoms. The first-order valence-corrected chi connectivity index (χ1v) is 11.5. The summed E-state index contributed by atoms with van der Waals surface area (Å²) in [4.78, 5) is 12.3. The van der Waals surface area contributed by atoms with Crippen LogP contribution in [-0.4, -0.2) is 10.5 Å². The number of nitrogens with two attached hydrogens (primary N) is 1. The molecule has 5 rings (SSSR count). The molecule has 0 aliphatic carbocycles. The highest BCUT2D eigenvalue weighted by Crippen LogP contribution is 2.39. The highest BCUT2D eigenvalue weighted by molar-refractivity contribution is 6.39. The lowest BCUT2D eigenvalue weighted by Crippen LogP contribution is -2.11.